The van der Waals surface area contributed by atoms with Crippen LogP contribution in [0.15, 0.2) is 42.5 Å². The van der Waals surface area contributed by atoms with Crippen molar-refractivity contribution in [3.05, 3.63) is 59.2 Å². The first-order valence-electron chi connectivity index (χ1n) is 8.89. The molecule has 0 radical (unpaired) electrons. The van der Waals surface area contributed by atoms with Crippen LogP contribution >= 0.6 is 0 Å². The molecule has 148 valence electrons. The van der Waals surface area contributed by atoms with Gasteiger partial charge in [0.2, 0.25) is 5.91 Å². The third-order valence-electron chi connectivity index (χ3n) is 3.78. The van der Waals surface area contributed by atoms with Crippen LogP contribution in [0.4, 0.5) is 5.69 Å². The van der Waals surface area contributed by atoms with E-state index >= 15 is 0 Å². The zero-order valence-electron chi connectivity index (χ0n) is 16.1. The second-order valence-corrected chi connectivity index (χ2v) is 5.78. The molecule has 1 N–H and O–H groups in total. The van der Waals surface area contributed by atoms with Crippen molar-refractivity contribution in [3.8, 4) is 5.75 Å². The van der Waals surface area contributed by atoms with Crippen molar-refractivity contribution in [1.29, 1.82) is 0 Å². The molecule has 0 bridgehead atoms. The number of ether oxygens (including phenoxy) is 3. The van der Waals surface area contributed by atoms with E-state index in [4.69, 9.17) is 14.2 Å². The van der Waals surface area contributed by atoms with Crippen molar-refractivity contribution in [2.24, 2.45) is 0 Å². The Kier molecular flexibility index (Phi) is 7.56. The average Bonchev–Trinajstić information content (AvgIpc) is 2.68. The molecule has 0 saturated heterocycles. The summed E-state index contributed by atoms with van der Waals surface area (Å²) in [5.41, 5.74) is 1.32. The number of nitrogens with one attached hydrogen (secondary N) is 1. The highest BCUT2D eigenvalue weighted by Gasteiger charge is 2.16. The van der Waals surface area contributed by atoms with Crippen molar-refractivity contribution in [2.75, 3.05) is 25.6 Å². The lowest BCUT2D eigenvalue weighted by Gasteiger charge is -2.11. The van der Waals surface area contributed by atoms with Crippen LogP contribution in [0, 0.1) is 0 Å². The van der Waals surface area contributed by atoms with Crippen LogP contribution in [0.2, 0.25) is 0 Å². The van der Waals surface area contributed by atoms with Gasteiger partial charge < -0.3 is 19.5 Å². The molecular formula is C21H23NO6. The van der Waals surface area contributed by atoms with Crippen LogP contribution in [0.3, 0.4) is 0 Å². The lowest BCUT2D eigenvalue weighted by molar-refractivity contribution is -0.115. The van der Waals surface area contributed by atoms with Gasteiger partial charge in [-0.05, 0) is 38.1 Å². The molecule has 2 aromatic rings. The predicted octanol–water partition coefficient (Wildman–Crippen LogP) is 3.23. The quantitative estimate of drug-likeness (QED) is 0.702. The summed E-state index contributed by atoms with van der Waals surface area (Å²) in [4.78, 5) is 36.6. The molecule has 0 aliphatic heterocycles. The Morgan fingerprint density at radius 2 is 1.46 bits per heavy atom. The molecule has 0 unspecified atom stereocenters. The molecule has 0 aliphatic rings. The molecule has 1 amide bonds. The minimum atomic E-state index is -0.589. The maximum absolute atomic E-state index is 12.5. The SMILES string of the molecule is CCOC(=O)c1cc(NC(=O)Cc2ccccc2OC)cc(C(=O)OCC)c1. The van der Waals surface area contributed by atoms with Gasteiger partial charge in [0, 0.05) is 11.3 Å². The van der Waals surface area contributed by atoms with Gasteiger partial charge >= 0.3 is 11.9 Å². The second-order valence-electron chi connectivity index (χ2n) is 5.78. The molecular weight excluding hydrogens is 362 g/mol. The van der Waals surface area contributed by atoms with Crippen LogP contribution in [0.25, 0.3) is 0 Å². The second kappa shape index (κ2) is 10.1. The molecule has 0 heterocycles. The zero-order chi connectivity index (χ0) is 20.5. The number of anilines is 1. The van der Waals surface area contributed by atoms with Crippen molar-refractivity contribution in [3.63, 3.8) is 0 Å². The number of benzene rings is 2. The molecule has 0 aromatic heterocycles. The number of rotatable bonds is 8. The van der Waals surface area contributed by atoms with Crippen molar-refractivity contribution < 1.29 is 28.6 Å². The largest absolute Gasteiger partial charge is 0.496 e. The predicted molar refractivity (Wildman–Crippen MR) is 104 cm³/mol. The van der Waals surface area contributed by atoms with Crippen molar-refractivity contribution >= 4 is 23.5 Å². The molecule has 7 nitrogen and oxygen atoms in total. The average molecular weight is 385 g/mol. The molecule has 2 aromatic carbocycles. The van der Waals surface area contributed by atoms with Crippen LogP contribution in [0.5, 0.6) is 5.75 Å². The van der Waals surface area contributed by atoms with E-state index in [0.717, 1.165) is 5.56 Å². The highest BCUT2D eigenvalue weighted by Crippen LogP contribution is 2.20. The Hall–Kier alpha value is -3.35. The summed E-state index contributed by atoms with van der Waals surface area (Å²) in [5, 5.41) is 2.71. The maximum Gasteiger partial charge on any atom is 0.338 e. The third kappa shape index (κ3) is 5.57. The monoisotopic (exact) mass is 385 g/mol. The maximum atomic E-state index is 12.5. The van der Waals surface area contributed by atoms with E-state index in [9.17, 15) is 14.4 Å². The Bertz CT molecular complexity index is 825. The van der Waals surface area contributed by atoms with E-state index in [2.05, 4.69) is 5.32 Å². The van der Waals surface area contributed by atoms with Gasteiger partial charge in [-0.2, -0.15) is 0 Å². The number of methoxy groups -OCH3 is 1. The number of carbonyl (C=O) groups is 3. The number of hydrogen-bond donors (Lipinski definition) is 1. The summed E-state index contributed by atoms with van der Waals surface area (Å²) < 4.78 is 15.2. The first kappa shape index (κ1) is 21.0. The van der Waals surface area contributed by atoms with Gasteiger partial charge in [-0.25, -0.2) is 9.59 Å². The summed E-state index contributed by atoms with van der Waals surface area (Å²) in [5.74, 6) is -0.895. The van der Waals surface area contributed by atoms with E-state index < -0.39 is 11.9 Å². The van der Waals surface area contributed by atoms with Crippen molar-refractivity contribution in [2.45, 2.75) is 20.3 Å². The Morgan fingerprint density at radius 3 is 2.00 bits per heavy atom. The van der Waals surface area contributed by atoms with Crippen LogP contribution in [-0.2, 0) is 20.7 Å². The fourth-order valence-electron chi connectivity index (χ4n) is 2.59. The van der Waals surface area contributed by atoms with E-state index in [1.165, 1.54) is 25.3 Å². The first-order chi connectivity index (χ1) is 13.5. The van der Waals surface area contributed by atoms with Gasteiger partial charge in [-0.15, -0.1) is 0 Å². The Morgan fingerprint density at radius 1 is 0.893 bits per heavy atom. The Balaban J connectivity index is 2.26. The summed E-state index contributed by atoms with van der Waals surface area (Å²) in [6.07, 6.45) is 0.0718. The minimum absolute atomic E-state index is 0.0718. The van der Waals surface area contributed by atoms with Crippen molar-refractivity contribution in [1.82, 2.24) is 0 Å². The summed E-state index contributed by atoms with van der Waals surface area (Å²) in [7, 11) is 1.53. The van der Waals surface area contributed by atoms with Crippen LogP contribution in [-0.4, -0.2) is 38.2 Å². The van der Waals surface area contributed by atoms with Gasteiger partial charge in [-0.1, -0.05) is 18.2 Å². The fraction of sp³-hybridized carbons (Fsp3) is 0.286. The van der Waals surface area contributed by atoms with Gasteiger partial charge in [0.25, 0.3) is 0 Å². The zero-order valence-corrected chi connectivity index (χ0v) is 16.1. The summed E-state index contributed by atoms with van der Waals surface area (Å²) >= 11 is 0. The highest BCUT2D eigenvalue weighted by molar-refractivity contribution is 6.00. The Labute approximate surface area is 163 Å². The van der Waals surface area contributed by atoms with Crippen LogP contribution < -0.4 is 10.1 Å². The van der Waals surface area contributed by atoms with E-state index in [1.54, 1.807) is 26.0 Å². The van der Waals surface area contributed by atoms with E-state index in [-0.39, 0.29) is 36.7 Å². The number of carbonyl (C=O) groups excluding carboxylic acids is 3. The normalized spacial score (nSPS) is 10.1. The molecule has 0 fully saturated rings. The molecule has 2 rings (SSSR count). The van der Waals surface area contributed by atoms with Gasteiger partial charge in [0.05, 0.1) is 37.9 Å². The molecule has 0 spiro atoms. The highest BCUT2D eigenvalue weighted by atomic mass is 16.5. The van der Waals surface area contributed by atoms with E-state index in [1.807, 2.05) is 12.1 Å². The van der Waals surface area contributed by atoms with E-state index in [0.29, 0.717) is 11.4 Å². The number of esters is 2. The molecule has 28 heavy (non-hydrogen) atoms. The summed E-state index contributed by atoms with van der Waals surface area (Å²) in [6, 6.07) is 11.5. The lowest BCUT2D eigenvalue weighted by Crippen LogP contribution is -2.17. The standard InChI is InChI=1S/C21H23NO6/c1-4-27-20(24)15-10-16(21(25)28-5-2)12-17(11-15)22-19(23)13-14-8-6-7-9-18(14)26-3/h6-12H,4-5,13H2,1-3H3,(H,22,23). The number of hydrogen-bond acceptors (Lipinski definition) is 6. The molecule has 7 heteroatoms. The molecule has 0 saturated carbocycles. The summed E-state index contributed by atoms with van der Waals surface area (Å²) in [6.45, 7) is 3.75. The fourth-order valence-corrected chi connectivity index (χ4v) is 2.59. The van der Waals surface area contributed by atoms with Gasteiger partial charge in [-0.3, -0.25) is 4.79 Å². The third-order valence-corrected chi connectivity index (χ3v) is 3.78. The smallest absolute Gasteiger partial charge is 0.338 e. The number of para-hydroxylation sites is 1. The molecule has 0 atom stereocenters. The number of amides is 1. The van der Waals surface area contributed by atoms with Crippen LogP contribution in [0.1, 0.15) is 40.1 Å². The topological polar surface area (TPSA) is 90.9 Å². The van der Waals surface area contributed by atoms with Gasteiger partial charge in [0.15, 0.2) is 0 Å². The minimum Gasteiger partial charge on any atom is -0.496 e. The lowest BCUT2D eigenvalue weighted by atomic mass is 10.1. The molecule has 0 aliphatic carbocycles. The first-order valence-corrected chi connectivity index (χ1v) is 8.89. The van der Waals surface area contributed by atoms with Gasteiger partial charge in [0.1, 0.15) is 5.75 Å².